The first kappa shape index (κ1) is 11.2. The van der Waals surface area contributed by atoms with Crippen LogP contribution in [-0.4, -0.2) is 22.0 Å². The molecule has 1 rings (SSSR count). The Morgan fingerprint density at radius 3 is 2.64 bits per heavy atom. The van der Waals surface area contributed by atoms with E-state index in [1.165, 1.54) is 0 Å². The molecule has 0 saturated carbocycles. The Labute approximate surface area is 85.0 Å². The molecule has 1 heterocycles. The number of aryl methyl sites for hydroxylation is 1. The monoisotopic (exact) mass is 197 g/mol. The largest absolute Gasteiger partial charge is 0.374 e. The second kappa shape index (κ2) is 4.11. The van der Waals surface area contributed by atoms with Gasteiger partial charge in [-0.05, 0) is 20.8 Å². The first-order valence-corrected chi connectivity index (χ1v) is 4.76. The van der Waals surface area contributed by atoms with Gasteiger partial charge in [-0.25, -0.2) is 0 Å². The second-order valence-electron chi connectivity index (χ2n) is 4.48. The van der Waals surface area contributed by atoms with Crippen molar-refractivity contribution in [2.24, 2.45) is 12.8 Å². The van der Waals surface area contributed by atoms with Crippen molar-refractivity contribution in [3.63, 3.8) is 0 Å². The molecule has 14 heavy (non-hydrogen) atoms. The molecular formula is C10H19N3O. The highest BCUT2D eigenvalue weighted by Crippen LogP contribution is 2.13. The fourth-order valence-corrected chi connectivity index (χ4v) is 1.07. The Hall–Kier alpha value is -0.870. The van der Waals surface area contributed by atoms with Crippen LogP contribution in [0.4, 0.5) is 0 Å². The van der Waals surface area contributed by atoms with Gasteiger partial charge in [0, 0.05) is 18.8 Å². The number of ether oxygens (including phenoxy) is 1. The van der Waals surface area contributed by atoms with Crippen LogP contribution in [-0.2, 0) is 11.8 Å². The summed E-state index contributed by atoms with van der Waals surface area (Å²) in [4.78, 5) is 0. The maximum absolute atomic E-state index is 5.94. The van der Waals surface area contributed by atoms with Crippen LogP contribution in [0.5, 0.6) is 0 Å². The van der Waals surface area contributed by atoms with Gasteiger partial charge in [-0.3, -0.25) is 4.68 Å². The van der Waals surface area contributed by atoms with E-state index in [1.807, 2.05) is 34.0 Å². The number of aromatic nitrogens is 2. The molecule has 4 nitrogen and oxygen atoms in total. The summed E-state index contributed by atoms with van der Waals surface area (Å²) >= 11 is 0. The molecule has 1 aromatic heterocycles. The molecule has 1 aromatic rings. The summed E-state index contributed by atoms with van der Waals surface area (Å²) in [6.45, 7) is 6.57. The van der Waals surface area contributed by atoms with Crippen molar-refractivity contribution < 1.29 is 4.74 Å². The van der Waals surface area contributed by atoms with E-state index < -0.39 is 0 Å². The summed E-state index contributed by atoms with van der Waals surface area (Å²) in [6, 6.07) is -0.0945. The van der Waals surface area contributed by atoms with Crippen molar-refractivity contribution in [2.45, 2.75) is 32.4 Å². The Morgan fingerprint density at radius 2 is 2.21 bits per heavy atom. The maximum Gasteiger partial charge on any atom is 0.0667 e. The van der Waals surface area contributed by atoms with Gasteiger partial charge in [-0.2, -0.15) is 5.10 Å². The van der Waals surface area contributed by atoms with Gasteiger partial charge in [0.05, 0.1) is 24.4 Å². The summed E-state index contributed by atoms with van der Waals surface area (Å²) in [5.41, 5.74) is 6.81. The zero-order valence-electron chi connectivity index (χ0n) is 9.32. The van der Waals surface area contributed by atoms with Crippen molar-refractivity contribution in [3.05, 3.63) is 18.0 Å². The molecule has 0 fully saturated rings. The minimum absolute atomic E-state index is 0.0945. The van der Waals surface area contributed by atoms with E-state index in [2.05, 4.69) is 5.10 Å². The summed E-state index contributed by atoms with van der Waals surface area (Å²) < 4.78 is 7.34. The molecule has 0 bridgehead atoms. The van der Waals surface area contributed by atoms with Gasteiger partial charge in [0.1, 0.15) is 0 Å². The van der Waals surface area contributed by atoms with E-state index >= 15 is 0 Å². The van der Waals surface area contributed by atoms with E-state index in [4.69, 9.17) is 10.5 Å². The minimum Gasteiger partial charge on any atom is -0.374 e. The molecule has 0 aliphatic heterocycles. The van der Waals surface area contributed by atoms with Gasteiger partial charge >= 0.3 is 0 Å². The lowest BCUT2D eigenvalue weighted by Gasteiger charge is -2.21. The van der Waals surface area contributed by atoms with Crippen LogP contribution in [0, 0.1) is 0 Å². The third kappa shape index (κ3) is 3.47. The van der Waals surface area contributed by atoms with Crippen LogP contribution in [0.15, 0.2) is 12.4 Å². The average molecular weight is 197 g/mol. The molecule has 0 aliphatic rings. The predicted octanol–water partition coefficient (Wildman–Crippen LogP) is 1.23. The SMILES string of the molecule is Cn1cc(C(N)COC(C)(C)C)cn1. The van der Waals surface area contributed by atoms with Gasteiger partial charge in [0.25, 0.3) is 0 Å². The Balaban J connectivity index is 2.47. The molecule has 0 aromatic carbocycles. The maximum atomic E-state index is 5.94. The molecule has 2 N–H and O–H groups in total. The highest BCUT2D eigenvalue weighted by atomic mass is 16.5. The molecule has 0 radical (unpaired) electrons. The Bertz CT molecular complexity index is 288. The van der Waals surface area contributed by atoms with Crippen molar-refractivity contribution >= 4 is 0 Å². The number of hydrogen-bond acceptors (Lipinski definition) is 3. The Kier molecular flexibility index (Phi) is 3.29. The molecule has 4 heteroatoms. The number of hydrogen-bond donors (Lipinski definition) is 1. The molecule has 1 atom stereocenters. The molecule has 0 saturated heterocycles. The van der Waals surface area contributed by atoms with E-state index in [1.54, 1.807) is 10.9 Å². The smallest absolute Gasteiger partial charge is 0.0667 e. The van der Waals surface area contributed by atoms with E-state index in [0.29, 0.717) is 6.61 Å². The average Bonchev–Trinajstić information content (AvgIpc) is 2.46. The van der Waals surface area contributed by atoms with Crippen molar-refractivity contribution in [1.29, 1.82) is 0 Å². The van der Waals surface area contributed by atoms with Crippen LogP contribution in [0.2, 0.25) is 0 Å². The van der Waals surface area contributed by atoms with E-state index in [-0.39, 0.29) is 11.6 Å². The van der Waals surface area contributed by atoms with Crippen LogP contribution in [0.25, 0.3) is 0 Å². The highest BCUT2D eigenvalue weighted by Gasteiger charge is 2.14. The summed E-state index contributed by atoms with van der Waals surface area (Å²) in [5.74, 6) is 0. The quantitative estimate of drug-likeness (QED) is 0.793. The minimum atomic E-state index is -0.139. The van der Waals surface area contributed by atoms with Crippen LogP contribution in [0.1, 0.15) is 32.4 Å². The predicted molar refractivity (Wildman–Crippen MR) is 55.8 cm³/mol. The normalized spacial score (nSPS) is 14.4. The third-order valence-corrected chi connectivity index (χ3v) is 1.85. The summed E-state index contributed by atoms with van der Waals surface area (Å²) in [6.07, 6.45) is 3.69. The summed E-state index contributed by atoms with van der Waals surface area (Å²) in [5, 5.41) is 4.06. The van der Waals surface area contributed by atoms with Gasteiger partial charge in [0.2, 0.25) is 0 Å². The fourth-order valence-electron chi connectivity index (χ4n) is 1.07. The highest BCUT2D eigenvalue weighted by molar-refractivity contribution is 5.09. The van der Waals surface area contributed by atoms with Gasteiger partial charge < -0.3 is 10.5 Å². The third-order valence-electron chi connectivity index (χ3n) is 1.85. The molecule has 0 spiro atoms. The molecule has 1 unspecified atom stereocenters. The first-order chi connectivity index (χ1) is 6.38. The fraction of sp³-hybridized carbons (Fsp3) is 0.700. The number of rotatable bonds is 3. The number of nitrogens with zero attached hydrogens (tertiary/aromatic N) is 2. The molecule has 0 aliphatic carbocycles. The molecule has 0 amide bonds. The first-order valence-electron chi connectivity index (χ1n) is 4.76. The standard InChI is InChI=1S/C10H19N3O/c1-10(2,3)14-7-9(11)8-5-12-13(4)6-8/h5-6,9H,7,11H2,1-4H3. The van der Waals surface area contributed by atoms with Crippen molar-refractivity contribution in [1.82, 2.24) is 9.78 Å². The molecule has 80 valence electrons. The van der Waals surface area contributed by atoms with Crippen molar-refractivity contribution in [3.8, 4) is 0 Å². The second-order valence-corrected chi connectivity index (χ2v) is 4.48. The summed E-state index contributed by atoms with van der Waals surface area (Å²) in [7, 11) is 1.88. The zero-order chi connectivity index (χ0) is 10.8. The topological polar surface area (TPSA) is 53.1 Å². The lowest BCUT2D eigenvalue weighted by molar-refractivity contribution is -0.0102. The molecular weight excluding hydrogens is 178 g/mol. The van der Waals surface area contributed by atoms with Crippen molar-refractivity contribution in [2.75, 3.05) is 6.61 Å². The van der Waals surface area contributed by atoms with Gasteiger partial charge in [0.15, 0.2) is 0 Å². The van der Waals surface area contributed by atoms with Crippen LogP contribution in [0.3, 0.4) is 0 Å². The van der Waals surface area contributed by atoms with E-state index in [0.717, 1.165) is 5.56 Å². The lowest BCUT2D eigenvalue weighted by atomic mass is 10.1. The lowest BCUT2D eigenvalue weighted by Crippen LogP contribution is -2.26. The van der Waals surface area contributed by atoms with Gasteiger partial charge in [-0.15, -0.1) is 0 Å². The number of nitrogens with two attached hydrogens (primary N) is 1. The zero-order valence-corrected chi connectivity index (χ0v) is 9.32. The van der Waals surface area contributed by atoms with Crippen LogP contribution < -0.4 is 5.73 Å². The Morgan fingerprint density at radius 1 is 1.57 bits per heavy atom. The van der Waals surface area contributed by atoms with Gasteiger partial charge in [-0.1, -0.05) is 0 Å². The van der Waals surface area contributed by atoms with E-state index in [9.17, 15) is 0 Å². The van der Waals surface area contributed by atoms with Crippen LogP contribution >= 0.6 is 0 Å².